The van der Waals surface area contributed by atoms with Gasteiger partial charge in [-0.15, -0.1) is 0 Å². The summed E-state index contributed by atoms with van der Waals surface area (Å²) >= 11 is 0. The Balaban J connectivity index is -0.0000000489. The monoisotopic (exact) mass is 258 g/mol. The molecule has 0 aromatic heterocycles. The van der Waals surface area contributed by atoms with Crippen molar-refractivity contribution < 1.29 is 24.4 Å². The summed E-state index contributed by atoms with van der Waals surface area (Å²) in [6, 6.07) is 0. The number of rotatable bonds is 2. The zero-order valence-electron chi connectivity index (χ0n) is 7.78. The number of ether oxygens (including phenoxy) is 3. The van der Waals surface area contributed by atoms with Crippen molar-refractivity contribution in [2.75, 3.05) is 33.6 Å². The zero-order chi connectivity index (χ0) is 9.78. The number of hydrogen-bond donors (Lipinski definition) is 2. The molecule has 1 saturated heterocycles. The topological polar surface area (TPSA) is 68.2 Å². The van der Waals surface area contributed by atoms with Gasteiger partial charge in [0.2, 0.25) is 0 Å². The molecule has 1 aliphatic heterocycles. The fourth-order valence-electron chi connectivity index (χ4n) is 0.803. The van der Waals surface area contributed by atoms with Crippen LogP contribution in [0.5, 0.6) is 0 Å². The second-order valence-corrected chi connectivity index (χ2v) is 2.46. The van der Waals surface area contributed by atoms with E-state index < -0.39 is 13.6 Å². The molecular weight excluding hydrogens is 224 g/mol. The second kappa shape index (κ2) is 29.7. The molecule has 0 unspecified atom stereocenters. The molecule has 0 aromatic rings. The molecule has 0 saturated carbocycles. The van der Waals surface area contributed by atoms with Gasteiger partial charge >= 0.3 is 0 Å². The van der Waals surface area contributed by atoms with Crippen LogP contribution in [-0.2, 0) is 14.2 Å². The van der Waals surface area contributed by atoms with Crippen molar-refractivity contribution in [1.82, 2.24) is 0 Å². The normalized spacial score (nSPS) is 13.8. The van der Waals surface area contributed by atoms with Crippen LogP contribution >= 0.6 is 0 Å². The molecule has 17 heavy (non-hydrogen) atoms. The highest BCUT2D eigenvalue weighted by molar-refractivity contribution is 4.41. The molecule has 0 spiro atoms. The fraction of sp³-hybridized carbons (Fsp3) is 1.00. The van der Waals surface area contributed by atoms with Gasteiger partial charge in [0.15, 0.2) is 0 Å². The lowest BCUT2D eigenvalue weighted by molar-refractivity contribution is -0.0763. The summed E-state index contributed by atoms with van der Waals surface area (Å²) in [5, 5.41) is 15.4. The van der Waals surface area contributed by atoms with E-state index in [9.17, 15) is 0 Å². The van der Waals surface area contributed by atoms with Crippen LogP contribution in [0.15, 0.2) is 0 Å². The molecular formula is C12H34O5. The first-order valence-electron chi connectivity index (χ1n) is 4.36. The molecule has 1 aliphatic rings. The van der Waals surface area contributed by atoms with Crippen LogP contribution in [0.25, 0.3) is 0 Å². The molecule has 1 heterocycles. The summed E-state index contributed by atoms with van der Waals surface area (Å²) in [4.78, 5) is 0. The van der Waals surface area contributed by atoms with Crippen LogP contribution in [0, 0.1) is 0 Å². The largest absolute Gasteiger partial charge is 0.371 e. The lowest BCUT2D eigenvalue weighted by Crippen LogP contribution is -2.06. The second-order valence-electron chi connectivity index (χ2n) is 2.46. The third kappa shape index (κ3) is 31.3. The Bertz CT molecular complexity index is 65.0. The van der Waals surface area contributed by atoms with E-state index in [1.807, 2.05) is 0 Å². The van der Waals surface area contributed by atoms with Crippen LogP contribution in [0.2, 0.25) is 0 Å². The lowest BCUT2D eigenvalue weighted by atomic mass is 10.2. The molecule has 1 rings (SSSR count). The van der Waals surface area contributed by atoms with E-state index in [1.165, 1.54) is 19.3 Å². The smallest absolute Gasteiger partial charge is 0.146 e. The molecule has 0 radical (unpaired) electrons. The molecule has 1 fully saturated rings. The first kappa shape index (κ1) is 30.1. The van der Waals surface area contributed by atoms with E-state index in [2.05, 4.69) is 4.74 Å². The SMILES string of the molecule is C.C.C.C.C1CCOCOCC1.OCOCO. The van der Waals surface area contributed by atoms with Crippen molar-refractivity contribution >= 4 is 0 Å². The maximum Gasteiger partial charge on any atom is 0.146 e. The highest BCUT2D eigenvalue weighted by Crippen LogP contribution is 1.99. The Labute approximate surface area is 108 Å². The number of aliphatic hydroxyl groups excluding tert-OH is 2. The third-order valence-corrected chi connectivity index (χ3v) is 1.43. The Morgan fingerprint density at radius 1 is 0.765 bits per heavy atom. The molecule has 5 heteroatoms. The highest BCUT2D eigenvalue weighted by Gasteiger charge is 1.94. The quantitative estimate of drug-likeness (QED) is 0.745. The summed E-state index contributed by atoms with van der Waals surface area (Å²) in [7, 11) is 0. The van der Waals surface area contributed by atoms with Gasteiger partial charge in [-0.3, -0.25) is 0 Å². The van der Waals surface area contributed by atoms with Gasteiger partial charge in [0, 0.05) is 13.2 Å². The Morgan fingerprint density at radius 3 is 1.47 bits per heavy atom. The molecule has 0 atom stereocenters. The van der Waals surface area contributed by atoms with Gasteiger partial charge in [-0.1, -0.05) is 29.7 Å². The molecule has 0 amide bonds. The molecule has 0 aliphatic carbocycles. The van der Waals surface area contributed by atoms with Crippen molar-refractivity contribution in [1.29, 1.82) is 0 Å². The van der Waals surface area contributed by atoms with Gasteiger partial charge in [0.25, 0.3) is 0 Å². The van der Waals surface area contributed by atoms with E-state index in [1.54, 1.807) is 0 Å². The van der Waals surface area contributed by atoms with Gasteiger partial charge in [-0.05, 0) is 19.3 Å². The van der Waals surface area contributed by atoms with Crippen LogP contribution in [0.3, 0.4) is 0 Å². The highest BCUT2D eigenvalue weighted by atomic mass is 16.7. The lowest BCUT2D eigenvalue weighted by Gasteiger charge is -2.08. The van der Waals surface area contributed by atoms with E-state index >= 15 is 0 Å². The third-order valence-electron chi connectivity index (χ3n) is 1.43. The van der Waals surface area contributed by atoms with Crippen molar-refractivity contribution in [3.63, 3.8) is 0 Å². The maximum atomic E-state index is 7.68. The molecule has 0 bridgehead atoms. The summed E-state index contributed by atoms with van der Waals surface area (Å²) in [6.07, 6.45) is 3.65. The van der Waals surface area contributed by atoms with E-state index in [-0.39, 0.29) is 29.7 Å². The van der Waals surface area contributed by atoms with E-state index in [0.29, 0.717) is 6.79 Å². The van der Waals surface area contributed by atoms with E-state index in [4.69, 9.17) is 19.7 Å². The van der Waals surface area contributed by atoms with Gasteiger partial charge in [-0.2, -0.15) is 0 Å². The van der Waals surface area contributed by atoms with Gasteiger partial charge < -0.3 is 24.4 Å². The first-order valence-corrected chi connectivity index (χ1v) is 4.36. The summed E-state index contributed by atoms with van der Waals surface area (Å²) in [6.45, 7) is 1.44. The predicted octanol–water partition coefficient (Wildman–Crippen LogP) is 2.61. The zero-order valence-corrected chi connectivity index (χ0v) is 7.78. The summed E-state index contributed by atoms with van der Waals surface area (Å²) in [5.74, 6) is 0. The minimum atomic E-state index is -0.406. The van der Waals surface area contributed by atoms with Crippen molar-refractivity contribution in [3.05, 3.63) is 0 Å². The van der Waals surface area contributed by atoms with Crippen LogP contribution in [-0.4, -0.2) is 43.8 Å². The van der Waals surface area contributed by atoms with E-state index in [0.717, 1.165) is 13.2 Å². The van der Waals surface area contributed by atoms with Gasteiger partial charge in [0.05, 0.1) is 0 Å². The van der Waals surface area contributed by atoms with Crippen LogP contribution < -0.4 is 0 Å². The number of aliphatic hydroxyl groups is 2. The Kier molecular flexibility index (Phi) is 52.6. The Hall–Kier alpha value is -0.200. The summed E-state index contributed by atoms with van der Waals surface area (Å²) < 4.78 is 14.0. The van der Waals surface area contributed by atoms with Crippen LogP contribution in [0.1, 0.15) is 49.0 Å². The number of hydrogen-bond acceptors (Lipinski definition) is 5. The van der Waals surface area contributed by atoms with Crippen molar-refractivity contribution in [2.45, 2.75) is 49.0 Å². The van der Waals surface area contributed by atoms with Crippen LogP contribution in [0.4, 0.5) is 0 Å². The minimum Gasteiger partial charge on any atom is -0.371 e. The van der Waals surface area contributed by atoms with Crippen molar-refractivity contribution in [2.24, 2.45) is 0 Å². The fourth-order valence-corrected chi connectivity index (χ4v) is 0.803. The summed E-state index contributed by atoms with van der Waals surface area (Å²) in [5.41, 5.74) is 0. The van der Waals surface area contributed by atoms with Gasteiger partial charge in [-0.25, -0.2) is 0 Å². The van der Waals surface area contributed by atoms with Crippen molar-refractivity contribution in [3.8, 4) is 0 Å². The molecule has 5 nitrogen and oxygen atoms in total. The Morgan fingerprint density at radius 2 is 1.18 bits per heavy atom. The average Bonchev–Trinajstić information content (AvgIpc) is 2.05. The maximum absolute atomic E-state index is 7.68. The van der Waals surface area contributed by atoms with Gasteiger partial charge in [0.1, 0.15) is 20.4 Å². The molecule has 112 valence electrons. The predicted molar refractivity (Wildman–Crippen MR) is 72.8 cm³/mol. The average molecular weight is 258 g/mol. The molecule has 2 N–H and O–H groups in total. The first-order chi connectivity index (χ1) is 6.41. The standard InChI is InChI=1S/C6H12O2.C2H6O3.4CH4/c1-2-4-7-6-8-5-3-1;3-1-5-2-4;;;;/h1-6H2;3-4H,1-2H2;4*1H4. The minimum absolute atomic E-state index is 0. The molecule has 0 aromatic carbocycles.